The van der Waals surface area contributed by atoms with Gasteiger partial charge >= 0.3 is 0 Å². The van der Waals surface area contributed by atoms with Gasteiger partial charge in [-0.15, -0.1) is 0 Å². The van der Waals surface area contributed by atoms with Crippen LogP contribution < -0.4 is 10.6 Å². The molecule has 2 rings (SSSR count). The van der Waals surface area contributed by atoms with Crippen LogP contribution in [0.3, 0.4) is 0 Å². The molecule has 1 saturated heterocycles. The number of hydrogen-bond acceptors (Lipinski definition) is 4. The average Bonchev–Trinajstić information content (AvgIpc) is 2.53. The molecule has 3 N–H and O–H groups in total. The van der Waals surface area contributed by atoms with Crippen LogP contribution in [0.25, 0.3) is 0 Å². The molecule has 0 unspecified atom stereocenters. The minimum absolute atomic E-state index is 0.00939. The number of carbonyl (C=O) groups excluding carboxylic acids is 1. The number of rotatable bonds is 5. The van der Waals surface area contributed by atoms with Crippen molar-refractivity contribution in [3.63, 3.8) is 0 Å². The van der Waals surface area contributed by atoms with Gasteiger partial charge in [0.1, 0.15) is 5.60 Å². The molecule has 0 saturated carbocycles. The third kappa shape index (κ3) is 3.36. The fourth-order valence-electron chi connectivity index (χ4n) is 2.54. The molecule has 1 aromatic rings. The summed E-state index contributed by atoms with van der Waals surface area (Å²) in [6.07, 6.45) is 1.37. The van der Waals surface area contributed by atoms with Crippen molar-refractivity contribution in [1.82, 2.24) is 10.6 Å². The first kappa shape index (κ1) is 15.0. The Balaban J connectivity index is 1.96. The standard InChI is InChI=1S/C15H22N2O3/c1-20-15(5-7-16-8-6-15)14(19)17-10-12-3-2-4-13(9-12)11-18/h2-4,9,16,18H,5-8,10-11H2,1H3,(H,17,19). The monoisotopic (exact) mass is 278 g/mol. The van der Waals surface area contributed by atoms with Crippen LogP contribution >= 0.6 is 0 Å². The van der Waals surface area contributed by atoms with E-state index in [-0.39, 0.29) is 12.5 Å². The lowest BCUT2D eigenvalue weighted by Crippen LogP contribution is -2.53. The van der Waals surface area contributed by atoms with E-state index in [9.17, 15) is 4.79 Å². The maximum atomic E-state index is 12.4. The number of amides is 1. The van der Waals surface area contributed by atoms with Crippen molar-refractivity contribution in [2.45, 2.75) is 31.6 Å². The molecular formula is C15H22N2O3. The maximum Gasteiger partial charge on any atom is 0.252 e. The van der Waals surface area contributed by atoms with E-state index < -0.39 is 5.60 Å². The van der Waals surface area contributed by atoms with E-state index in [0.717, 1.165) is 24.2 Å². The number of piperidine rings is 1. The topological polar surface area (TPSA) is 70.6 Å². The molecule has 1 amide bonds. The molecule has 0 spiro atoms. The lowest BCUT2D eigenvalue weighted by molar-refractivity contribution is -0.146. The van der Waals surface area contributed by atoms with E-state index in [1.54, 1.807) is 7.11 Å². The van der Waals surface area contributed by atoms with Crippen LogP contribution in [0.5, 0.6) is 0 Å². The van der Waals surface area contributed by atoms with Gasteiger partial charge in [-0.1, -0.05) is 24.3 Å². The van der Waals surface area contributed by atoms with Gasteiger partial charge in [0.25, 0.3) is 5.91 Å². The SMILES string of the molecule is COC1(C(=O)NCc2cccc(CO)c2)CCNCC1. The number of hydrogen-bond donors (Lipinski definition) is 3. The van der Waals surface area contributed by atoms with E-state index in [2.05, 4.69) is 10.6 Å². The van der Waals surface area contributed by atoms with Gasteiger partial charge in [-0.05, 0) is 37.1 Å². The quantitative estimate of drug-likeness (QED) is 0.736. The third-order valence-corrected chi connectivity index (χ3v) is 3.84. The smallest absolute Gasteiger partial charge is 0.252 e. The lowest BCUT2D eigenvalue weighted by Gasteiger charge is -2.34. The van der Waals surface area contributed by atoms with E-state index in [1.165, 1.54) is 0 Å². The van der Waals surface area contributed by atoms with Crippen molar-refractivity contribution in [3.05, 3.63) is 35.4 Å². The Bertz CT molecular complexity index is 456. The molecule has 20 heavy (non-hydrogen) atoms. The zero-order valence-corrected chi connectivity index (χ0v) is 11.8. The van der Waals surface area contributed by atoms with Crippen LogP contribution in [0.2, 0.25) is 0 Å². The normalized spacial score (nSPS) is 17.7. The summed E-state index contributed by atoms with van der Waals surface area (Å²) in [7, 11) is 1.59. The Kier molecular flexibility index (Phi) is 5.11. The highest BCUT2D eigenvalue weighted by atomic mass is 16.5. The summed E-state index contributed by atoms with van der Waals surface area (Å²) in [6, 6.07) is 7.56. The largest absolute Gasteiger partial charge is 0.392 e. The second kappa shape index (κ2) is 6.83. The summed E-state index contributed by atoms with van der Waals surface area (Å²) in [6.45, 7) is 2.04. The number of nitrogens with one attached hydrogen (secondary N) is 2. The van der Waals surface area contributed by atoms with Crippen molar-refractivity contribution in [3.8, 4) is 0 Å². The minimum atomic E-state index is -0.708. The second-order valence-electron chi connectivity index (χ2n) is 5.11. The zero-order valence-electron chi connectivity index (χ0n) is 11.8. The highest BCUT2D eigenvalue weighted by Crippen LogP contribution is 2.22. The number of methoxy groups -OCH3 is 1. The fraction of sp³-hybridized carbons (Fsp3) is 0.533. The zero-order chi connectivity index (χ0) is 14.4. The molecule has 0 aliphatic carbocycles. The van der Waals surface area contributed by atoms with E-state index in [0.29, 0.717) is 19.4 Å². The number of benzene rings is 1. The summed E-state index contributed by atoms with van der Waals surface area (Å²) in [5.41, 5.74) is 1.12. The maximum absolute atomic E-state index is 12.4. The van der Waals surface area contributed by atoms with Crippen LogP contribution in [0.15, 0.2) is 24.3 Å². The van der Waals surface area contributed by atoms with E-state index in [1.807, 2.05) is 24.3 Å². The highest BCUT2D eigenvalue weighted by Gasteiger charge is 2.39. The first-order valence-electron chi connectivity index (χ1n) is 6.93. The van der Waals surface area contributed by atoms with Crippen molar-refractivity contribution < 1.29 is 14.6 Å². The van der Waals surface area contributed by atoms with Crippen LogP contribution in [0.1, 0.15) is 24.0 Å². The Morgan fingerprint density at radius 1 is 1.40 bits per heavy atom. The van der Waals surface area contributed by atoms with Gasteiger partial charge < -0.3 is 20.5 Å². The van der Waals surface area contributed by atoms with Crippen LogP contribution in [0.4, 0.5) is 0 Å². The van der Waals surface area contributed by atoms with Gasteiger partial charge in [-0.2, -0.15) is 0 Å². The second-order valence-corrected chi connectivity index (χ2v) is 5.11. The van der Waals surface area contributed by atoms with Gasteiger partial charge in [-0.25, -0.2) is 0 Å². The first-order valence-corrected chi connectivity index (χ1v) is 6.93. The van der Waals surface area contributed by atoms with Crippen molar-refractivity contribution in [1.29, 1.82) is 0 Å². The molecule has 5 heteroatoms. The molecule has 1 aliphatic rings. The molecule has 1 heterocycles. The Morgan fingerprint density at radius 2 is 2.10 bits per heavy atom. The summed E-state index contributed by atoms with van der Waals surface area (Å²) in [5.74, 6) is -0.0594. The number of aliphatic hydroxyl groups is 1. The summed E-state index contributed by atoms with van der Waals surface area (Å²) in [4.78, 5) is 12.4. The van der Waals surface area contributed by atoms with Crippen molar-refractivity contribution >= 4 is 5.91 Å². The predicted molar refractivity (Wildman–Crippen MR) is 76.1 cm³/mol. The van der Waals surface area contributed by atoms with Gasteiger partial charge in [0.2, 0.25) is 0 Å². The van der Waals surface area contributed by atoms with Crippen LogP contribution in [-0.2, 0) is 22.7 Å². The van der Waals surface area contributed by atoms with Crippen LogP contribution in [0, 0.1) is 0 Å². The predicted octanol–water partition coefficient (Wildman–Crippen LogP) is 0.564. The van der Waals surface area contributed by atoms with Crippen molar-refractivity contribution in [2.75, 3.05) is 20.2 Å². The molecule has 1 fully saturated rings. The molecule has 5 nitrogen and oxygen atoms in total. The molecule has 1 aliphatic heterocycles. The van der Waals surface area contributed by atoms with E-state index >= 15 is 0 Å². The number of aliphatic hydroxyl groups excluding tert-OH is 1. The summed E-state index contributed by atoms with van der Waals surface area (Å²) in [5, 5.41) is 15.3. The number of carbonyl (C=O) groups is 1. The fourth-order valence-corrected chi connectivity index (χ4v) is 2.54. The van der Waals surface area contributed by atoms with Gasteiger partial charge in [0.05, 0.1) is 6.61 Å². The highest BCUT2D eigenvalue weighted by molar-refractivity contribution is 5.85. The van der Waals surface area contributed by atoms with Crippen LogP contribution in [-0.4, -0.2) is 36.8 Å². The van der Waals surface area contributed by atoms with Gasteiger partial charge in [-0.3, -0.25) is 4.79 Å². The summed E-state index contributed by atoms with van der Waals surface area (Å²) >= 11 is 0. The Morgan fingerprint density at radius 3 is 2.75 bits per heavy atom. The average molecular weight is 278 g/mol. The van der Waals surface area contributed by atoms with Crippen molar-refractivity contribution in [2.24, 2.45) is 0 Å². The molecule has 0 bridgehead atoms. The Hall–Kier alpha value is -1.43. The molecule has 0 atom stereocenters. The molecule has 110 valence electrons. The van der Waals surface area contributed by atoms with Gasteiger partial charge in [0.15, 0.2) is 0 Å². The summed E-state index contributed by atoms with van der Waals surface area (Å²) < 4.78 is 5.48. The molecular weight excluding hydrogens is 256 g/mol. The third-order valence-electron chi connectivity index (χ3n) is 3.84. The van der Waals surface area contributed by atoms with Gasteiger partial charge in [0, 0.05) is 13.7 Å². The molecule has 0 aromatic heterocycles. The first-order chi connectivity index (χ1) is 9.70. The number of ether oxygens (including phenoxy) is 1. The van der Waals surface area contributed by atoms with E-state index in [4.69, 9.17) is 9.84 Å². The molecule has 0 radical (unpaired) electrons. The molecule has 1 aromatic carbocycles. The lowest BCUT2D eigenvalue weighted by atomic mass is 9.91. The Labute approximate surface area is 119 Å². The minimum Gasteiger partial charge on any atom is -0.392 e.